The number of hydrogen-bond donors (Lipinski definition) is 1. The molecule has 1 aromatic carbocycles. The number of rotatable bonds is 3. The normalized spacial score (nSPS) is 35.1. The molecule has 1 aromatic rings. The second kappa shape index (κ2) is 3.84. The van der Waals surface area contributed by atoms with Gasteiger partial charge in [0.05, 0.1) is 17.6 Å². The van der Waals surface area contributed by atoms with Crippen molar-refractivity contribution < 1.29 is 14.6 Å². The topological polar surface area (TPSA) is 49.8 Å². The summed E-state index contributed by atoms with van der Waals surface area (Å²) in [7, 11) is 0. The molecule has 1 N–H and O–H groups in total. The highest BCUT2D eigenvalue weighted by Crippen LogP contribution is 2.51. The minimum Gasteiger partial charge on any atom is -0.481 e. The van der Waals surface area contributed by atoms with Gasteiger partial charge in [0.25, 0.3) is 0 Å². The number of epoxide rings is 1. The van der Waals surface area contributed by atoms with Crippen molar-refractivity contribution in [3.63, 3.8) is 0 Å². The van der Waals surface area contributed by atoms with Crippen molar-refractivity contribution in [1.29, 1.82) is 0 Å². The molecule has 1 saturated heterocycles. The van der Waals surface area contributed by atoms with Crippen LogP contribution in [-0.4, -0.2) is 22.8 Å². The fraction of sp³-hybridized carbons (Fsp3) is 0.500. The molecule has 2 aliphatic rings. The van der Waals surface area contributed by atoms with Crippen molar-refractivity contribution in [2.75, 3.05) is 0 Å². The number of aliphatic carboxylic acids is 1. The second-order valence-corrected chi connectivity index (χ2v) is 5.15. The molecule has 3 atom stereocenters. The number of ether oxygens (including phenoxy) is 1. The van der Waals surface area contributed by atoms with E-state index < -0.39 is 5.97 Å². The van der Waals surface area contributed by atoms with Crippen molar-refractivity contribution in [2.24, 2.45) is 5.92 Å². The van der Waals surface area contributed by atoms with Crippen LogP contribution in [0.3, 0.4) is 0 Å². The van der Waals surface area contributed by atoms with Crippen LogP contribution in [0.25, 0.3) is 0 Å². The van der Waals surface area contributed by atoms with Gasteiger partial charge in [0.15, 0.2) is 0 Å². The van der Waals surface area contributed by atoms with Crippen LogP contribution in [0, 0.1) is 5.92 Å². The smallest absolute Gasteiger partial charge is 0.306 e. The average molecular weight is 232 g/mol. The van der Waals surface area contributed by atoms with Gasteiger partial charge in [-0.25, -0.2) is 0 Å². The molecule has 2 fully saturated rings. The van der Waals surface area contributed by atoms with Crippen molar-refractivity contribution in [3.05, 3.63) is 35.9 Å². The Bertz CT molecular complexity index is 428. The Labute approximate surface area is 100 Å². The second-order valence-electron chi connectivity index (χ2n) is 5.15. The third kappa shape index (κ3) is 1.95. The van der Waals surface area contributed by atoms with E-state index in [1.165, 1.54) is 5.56 Å². The van der Waals surface area contributed by atoms with Gasteiger partial charge in [-0.2, -0.15) is 0 Å². The molecule has 0 unspecified atom stereocenters. The molecule has 3 nitrogen and oxygen atoms in total. The predicted molar refractivity (Wildman–Crippen MR) is 62.7 cm³/mol. The van der Waals surface area contributed by atoms with E-state index in [1.807, 2.05) is 18.2 Å². The van der Waals surface area contributed by atoms with E-state index in [0.29, 0.717) is 12.5 Å². The first-order chi connectivity index (χ1) is 8.20. The van der Waals surface area contributed by atoms with Gasteiger partial charge in [-0.1, -0.05) is 30.3 Å². The molecule has 0 spiro atoms. The molecule has 3 rings (SSSR count). The molecule has 0 bridgehead atoms. The maximum atomic E-state index is 11.1. The summed E-state index contributed by atoms with van der Waals surface area (Å²) in [6, 6.07) is 10.2. The van der Waals surface area contributed by atoms with Gasteiger partial charge < -0.3 is 9.84 Å². The number of benzene rings is 1. The van der Waals surface area contributed by atoms with Crippen LogP contribution in [0.1, 0.15) is 24.8 Å². The van der Waals surface area contributed by atoms with Crippen LogP contribution >= 0.6 is 0 Å². The SMILES string of the molecule is O=C(O)[C@H]1CC[C@H]2O[C@]2(Cc2ccccc2)C1. The summed E-state index contributed by atoms with van der Waals surface area (Å²) < 4.78 is 5.79. The van der Waals surface area contributed by atoms with Crippen molar-refractivity contribution >= 4 is 5.97 Å². The van der Waals surface area contributed by atoms with Crippen molar-refractivity contribution in [2.45, 2.75) is 37.4 Å². The molecule has 90 valence electrons. The Hall–Kier alpha value is -1.35. The van der Waals surface area contributed by atoms with E-state index in [4.69, 9.17) is 9.84 Å². The zero-order valence-corrected chi connectivity index (χ0v) is 9.63. The first-order valence-corrected chi connectivity index (χ1v) is 6.14. The van der Waals surface area contributed by atoms with Crippen LogP contribution in [0.4, 0.5) is 0 Å². The van der Waals surface area contributed by atoms with Gasteiger partial charge in [-0.05, 0) is 24.8 Å². The summed E-state index contributed by atoms with van der Waals surface area (Å²) in [5, 5.41) is 9.10. The Morgan fingerprint density at radius 1 is 1.35 bits per heavy atom. The summed E-state index contributed by atoms with van der Waals surface area (Å²) in [5.41, 5.74) is 1.06. The number of carbonyl (C=O) groups is 1. The van der Waals surface area contributed by atoms with Gasteiger partial charge in [0, 0.05) is 6.42 Å². The standard InChI is InChI=1S/C14H16O3/c15-13(16)11-6-7-12-14(9-11,17-12)8-10-4-2-1-3-5-10/h1-5,11-12H,6-9H2,(H,15,16)/t11-,12+,14+/m0/s1. The molecule has 1 aliphatic carbocycles. The Morgan fingerprint density at radius 2 is 2.12 bits per heavy atom. The van der Waals surface area contributed by atoms with Crippen molar-refractivity contribution in [1.82, 2.24) is 0 Å². The Morgan fingerprint density at radius 3 is 2.82 bits per heavy atom. The molecular weight excluding hydrogens is 216 g/mol. The van der Waals surface area contributed by atoms with Crippen LogP contribution in [-0.2, 0) is 16.0 Å². The minimum atomic E-state index is -0.675. The quantitative estimate of drug-likeness (QED) is 0.813. The fourth-order valence-corrected chi connectivity index (χ4v) is 3.00. The predicted octanol–water partition coefficient (Wildman–Crippen LogP) is 2.25. The monoisotopic (exact) mass is 232 g/mol. The lowest BCUT2D eigenvalue weighted by Crippen LogP contribution is -2.31. The van der Waals surface area contributed by atoms with E-state index in [0.717, 1.165) is 19.3 Å². The highest BCUT2D eigenvalue weighted by atomic mass is 16.6. The van der Waals surface area contributed by atoms with Gasteiger partial charge >= 0.3 is 5.97 Å². The average Bonchev–Trinajstić information content (AvgIpc) is 3.03. The van der Waals surface area contributed by atoms with Crippen LogP contribution < -0.4 is 0 Å². The molecule has 1 saturated carbocycles. The highest BCUT2D eigenvalue weighted by molar-refractivity contribution is 5.70. The largest absolute Gasteiger partial charge is 0.481 e. The maximum absolute atomic E-state index is 11.1. The number of carboxylic acids is 1. The summed E-state index contributed by atoms with van der Waals surface area (Å²) in [4.78, 5) is 11.1. The summed E-state index contributed by atoms with van der Waals surface area (Å²) in [6.07, 6.45) is 3.46. The lowest BCUT2D eigenvalue weighted by molar-refractivity contribution is -0.143. The third-order valence-electron chi connectivity index (χ3n) is 3.97. The summed E-state index contributed by atoms with van der Waals surface area (Å²) in [6.45, 7) is 0. The number of carboxylic acid groups (broad SMARTS) is 1. The van der Waals surface area contributed by atoms with Crippen molar-refractivity contribution in [3.8, 4) is 0 Å². The Kier molecular flexibility index (Phi) is 2.44. The first-order valence-electron chi connectivity index (χ1n) is 6.14. The zero-order valence-electron chi connectivity index (χ0n) is 9.63. The lowest BCUT2D eigenvalue weighted by Gasteiger charge is -2.22. The van der Waals surface area contributed by atoms with E-state index in [2.05, 4.69) is 12.1 Å². The van der Waals surface area contributed by atoms with Gasteiger partial charge in [0.1, 0.15) is 0 Å². The van der Waals surface area contributed by atoms with E-state index in [-0.39, 0.29) is 11.5 Å². The van der Waals surface area contributed by atoms with E-state index in [9.17, 15) is 4.79 Å². The highest BCUT2D eigenvalue weighted by Gasteiger charge is 2.59. The fourth-order valence-electron chi connectivity index (χ4n) is 3.00. The molecule has 0 aromatic heterocycles. The van der Waals surface area contributed by atoms with Crippen LogP contribution in [0.5, 0.6) is 0 Å². The van der Waals surface area contributed by atoms with Gasteiger partial charge in [-0.3, -0.25) is 4.79 Å². The summed E-state index contributed by atoms with van der Waals surface area (Å²) >= 11 is 0. The number of hydrogen-bond acceptors (Lipinski definition) is 2. The van der Waals surface area contributed by atoms with Crippen LogP contribution in [0.2, 0.25) is 0 Å². The van der Waals surface area contributed by atoms with Gasteiger partial charge in [0.2, 0.25) is 0 Å². The molecule has 0 radical (unpaired) electrons. The van der Waals surface area contributed by atoms with Gasteiger partial charge in [-0.15, -0.1) is 0 Å². The van der Waals surface area contributed by atoms with E-state index >= 15 is 0 Å². The first kappa shape index (κ1) is 10.8. The van der Waals surface area contributed by atoms with Crippen LogP contribution in [0.15, 0.2) is 30.3 Å². The molecule has 1 aliphatic heterocycles. The summed E-state index contributed by atoms with van der Waals surface area (Å²) in [5.74, 6) is -0.899. The zero-order chi connectivity index (χ0) is 11.9. The molecule has 1 heterocycles. The molecule has 0 amide bonds. The maximum Gasteiger partial charge on any atom is 0.306 e. The molecule has 17 heavy (non-hydrogen) atoms. The minimum absolute atomic E-state index is 0.178. The molecular formula is C14H16O3. The van der Waals surface area contributed by atoms with E-state index in [1.54, 1.807) is 0 Å². The molecule has 3 heteroatoms. The number of fused-ring (bicyclic) bond motifs is 1. The Balaban J connectivity index is 1.73. The third-order valence-corrected chi connectivity index (χ3v) is 3.97. The lowest BCUT2D eigenvalue weighted by atomic mass is 9.78.